The van der Waals surface area contributed by atoms with Crippen LogP contribution in [0.3, 0.4) is 0 Å². The van der Waals surface area contributed by atoms with Gasteiger partial charge in [-0.15, -0.1) is 0 Å². The Bertz CT molecular complexity index is 353. The lowest BCUT2D eigenvalue weighted by Crippen LogP contribution is -2.07. The van der Waals surface area contributed by atoms with Gasteiger partial charge in [0.2, 0.25) is 0 Å². The van der Waals surface area contributed by atoms with Crippen LogP contribution < -0.4 is 0 Å². The zero-order valence-corrected chi connectivity index (χ0v) is 7.60. The Morgan fingerprint density at radius 1 is 1.21 bits per heavy atom. The summed E-state index contributed by atoms with van der Waals surface area (Å²) in [6.45, 7) is 1.27. The molecule has 0 radical (unpaired) electrons. The zero-order chi connectivity index (χ0) is 10.7. The van der Waals surface area contributed by atoms with Crippen LogP contribution >= 0.6 is 0 Å². The van der Waals surface area contributed by atoms with Crippen LogP contribution in [0.15, 0.2) is 24.3 Å². The topological polar surface area (TPSA) is 74.6 Å². The van der Waals surface area contributed by atoms with Crippen molar-refractivity contribution in [2.45, 2.75) is 13.0 Å². The largest absolute Gasteiger partial charge is 0.478 e. The summed E-state index contributed by atoms with van der Waals surface area (Å²) in [7, 11) is 0. The number of hydrogen-bond donors (Lipinski definition) is 2. The minimum absolute atomic E-state index is 0.129. The SMILES string of the molecule is CC(=O)C(O)c1ccc(C(=O)O)cc1. The van der Waals surface area contributed by atoms with Gasteiger partial charge in [-0.1, -0.05) is 12.1 Å². The number of carboxylic acids is 1. The van der Waals surface area contributed by atoms with Gasteiger partial charge in [0.05, 0.1) is 5.56 Å². The van der Waals surface area contributed by atoms with Crippen LogP contribution in [0.1, 0.15) is 28.9 Å². The molecule has 0 bridgehead atoms. The van der Waals surface area contributed by atoms with E-state index in [1.165, 1.54) is 31.2 Å². The van der Waals surface area contributed by atoms with Gasteiger partial charge in [0.25, 0.3) is 0 Å². The van der Waals surface area contributed by atoms with Gasteiger partial charge in [-0.2, -0.15) is 0 Å². The Morgan fingerprint density at radius 2 is 1.71 bits per heavy atom. The summed E-state index contributed by atoms with van der Waals surface area (Å²) in [5.41, 5.74) is 0.534. The number of hydrogen-bond acceptors (Lipinski definition) is 3. The number of aromatic carboxylic acids is 1. The van der Waals surface area contributed by atoms with Crippen molar-refractivity contribution in [2.24, 2.45) is 0 Å². The molecule has 0 heterocycles. The maximum Gasteiger partial charge on any atom is 0.335 e. The molecular formula is C10H10O4. The van der Waals surface area contributed by atoms with E-state index in [2.05, 4.69) is 0 Å². The fourth-order valence-corrected chi connectivity index (χ4v) is 1.04. The molecule has 0 aliphatic rings. The third kappa shape index (κ3) is 2.17. The monoisotopic (exact) mass is 194 g/mol. The van der Waals surface area contributed by atoms with E-state index < -0.39 is 12.1 Å². The van der Waals surface area contributed by atoms with Gasteiger partial charge in [-0.3, -0.25) is 4.79 Å². The van der Waals surface area contributed by atoms with Crippen molar-refractivity contribution in [3.8, 4) is 0 Å². The van der Waals surface area contributed by atoms with E-state index in [4.69, 9.17) is 5.11 Å². The maximum absolute atomic E-state index is 10.8. The number of benzene rings is 1. The second kappa shape index (κ2) is 4.02. The van der Waals surface area contributed by atoms with Crippen molar-refractivity contribution in [2.75, 3.05) is 0 Å². The molecule has 0 aliphatic carbocycles. The molecule has 1 unspecified atom stereocenters. The Hall–Kier alpha value is -1.68. The van der Waals surface area contributed by atoms with Crippen LogP contribution in [0, 0.1) is 0 Å². The molecule has 1 atom stereocenters. The number of carboxylic acid groups (broad SMARTS) is 1. The third-order valence-corrected chi connectivity index (χ3v) is 1.86. The average Bonchev–Trinajstić information content (AvgIpc) is 2.16. The van der Waals surface area contributed by atoms with Gasteiger partial charge < -0.3 is 10.2 Å². The van der Waals surface area contributed by atoms with Crippen LogP contribution in [-0.4, -0.2) is 22.0 Å². The minimum Gasteiger partial charge on any atom is -0.478 e. The van der Waals surface area contributed by atoms with Crippen LogP contribution in [-0.2, 0) is 4.79 Å². The van der Waals surface area contributed by atoms with E-state index in [1.54, 1.807) is 0 Å². The van der Waals surface area contributed by atoms with Crippen LogP contribution in [0.4, 0.5) is 0 Å². The number of aliphatic hydroxyl groups excluding tert-OH is 1. The Kier molecular flexibility index (Phi) is 2.99. The Labute approximate surface area is 80.8 Å². The van der Waals surface area contributed by atoms with E-state index in [1.807, 2.05) is 0 Å². The van der Waals surface area contributed by atoms with Crippen molar-refractivity contribution < 1.29 is 19.8 Å². The molecule has 1 aromatic carbocycles. The standard InChI is InChI=1S/C10H10O4/c1-6(11)9(12)7-2-4-8(5-3-7)10(13)14/h2-5,9,12H,1H3,(H,13,14). The number of Topliss-reactive ketones (excluding diaryl/α,β-unsaturated/α-hetero) is 1. The van der Waals surface area contributed by atoms with E-state index in [-0.39, 0.29) is 11.3 Å². The van der Waals surface area contributed by atoms with Gasteiger partial charge in [-0.05, 0) is 24.6 Å². The molecule has 0 fully saturated rings. The molecule has 0 amide bonds. The van der Waals surface area contributed by atoms with Crippen LogP contribution in [0.2, 0.25) is 0 Å². The second-order valence-electron chi connectivity index (χ2n) is 2.94. The summed E-state index contributed by atoms with van der Waals surface area (Å²) < 4.78 is 0. The predicted molar refractivity (Wildman–Crippen MR) is 49.0 cm³/mol. The molecule has 0 aliphatic heterocycles. The normalized spacial score (nSPS) is 12.1. The molecule has 74 valence electrons. The van der Waals surface area contributed by atoms with Gasteiger partial charge in [0.1, 0.15) is 6.10 Å². The first-order chi connectivity index (χ1) is 6.52. The van der Waals surface area contributed by atoms with E-state index >= 15 is 0 Å². The molecule has 4 nitrogen and oxygen atoms in total. The summed E-state index contributed by atoms with van der Waals surface area (Å²) in [5, 5.41) is 17.9. The molecule has 14 heavy (non-hydrogen) atoms. The minimum atomic E-state index is -1.17. The van der Waals surface area contributed by atoms with Gasteiger partial charge in [0.15, 0.2) is 5.78 Å². The summed E-state index contributed by atoms with van der Waals surface area (Å²) in [6.07, 6.45) is -1.17. The quantitative estimate of drug-likeness (QED) is 0.752. The zero-order valence-electron chi connectivity index (χ0n) is 7.60. The number of carbonyl (C=O) groups is 2. The highest BCUT2D eigenvalue weighted by Crippen LogP contribution is 2.14. The highest BCUT2D eigenvalue weighted by atomic mass is 16.4. The number of rotatable bonds is 3. The molecule has 2 N–H and O–H groups in total. The third-order valence-electron chi connectivity index (χ3n) is 1.86. The fourth-order valence-electron chi connectivity index (χ4n) is 1.04. The molecule has 0 spiro atoms. The summed E-state index contributed by atoms with van der Waals surface area (Å²) in [6, 6.07) is 5.55. The molecule has 0 saturated heterocycles. The number of ketones is 1. The predicted octanol–water partition coefficient (Wildman–Crippen LogP) is 1.01. The molecule has 1 rings (SSSR count). The van der Waals surface area contributed by atoms with Crippen molar-refractivity contribution in [3.05, 3.63) is 35.4 Å². The van der Waals surface area contributed by atoms with Gasteiger partial charge in [-0.25, -0.2) is 4.79 Å². The van der Waals surface area contributed by atoms with Crippen LogP contribution in [0.25, 0.3) is 0 Å². The summed E-state index contributed by atoms with van der Waals surface area (Å²) >= 11 is 0. The van der Waals surface area contributed by atoms with Gasteiger partial charge in [0, 0.05) is 0 Å². The smallest absolute Gasteiger partial charge is 0.335 e. The first kappa shape index (κ1) is 10.4. The first-order valence-electron chi connectivity index (χ1n) is 4.04. The highest BCUT2D eigenvalue weighted by Gasteiger charge is 2.12. The lowest BCUT2D eigenvalue weighted by Gasteiger charge is -2.06. The molecule has 0 saturated carbocycles. The lowest BCUT2D eigenvalue weighted by atomic mass is 10.0. The summed E-state index contributed by atoms with van der Waals surface area (Å²) in [4.78, 5) is 21.3. The maximum atomic E-state index is 10.8. The highest BCUT2D eigenvalue weighted by molar-refractivity contribution is 5.88. The van der Waals surface area contributed by atoms with Crippen molar-refractivity contribution >= 4 is 11.8 Å². The van der Waals surface area contributed by atoms with Gasteiger partial charge >= 0.3 is 5.97 Å². The molecular weight excluding hydrogens is 184 g/mol. The second-order valence-corrected chi connectivity index (χ2v) is 2.94. The van der Waals surface area contributed by atoms with E-state index in [0.717, 1.165) is 0 Å². The van der Waals surface area contributed by atoms with Crippen molar-refractivity contribution in [3.63, 3.8) is 0 Å². The molecule has 0 aromatic heterocycles. The molecule has 1 aromatic rings. The molecule has 4 heteroatoms. The number of aliphatic hydroxyl groups is 1. The van der Waals surface area contributed by atoms with Crippen molar-refractivity contribution in [1.29, 1.82) is 0 Å². The fraction of sp³-hybridized carbons (Fsp3) is 0.200. The van der Waals surface area contributed by atoms with E-state index in [9.17, 15) is 14.7 Å². The Morgan fingerprint density at radius 3 is 2.07 bits per heavy atom. The first-order valence-corrected chi connectivity index (χ1v) is 4.04. The lowest BCUT2D eigenvalue weighted by molar-refractivity contribution is -0.125. The number of carbonyl (C=O) groups excluding carboxylic acids is 1. The average molecular weight is 194 g/mol. The van der Waals surface area contributed by atoms with E-state index in [0.29, 0.717) is 5.56 Å². The van der Waals surface area contributed by atoms with Crippen LogP contribution in [0.5, 0.6) is 0 Å². The Balaban J connectivity index is 2.94. The van der Waals surface area contributed by atoms with Crippen molar-refractivity contribution in [1.82, 2.24) is 0 Å². The summed E-state index contributed by atoms with van der Waals surface area (Å²) in [5.74, 6) is -1.40.